The molecule has 0 N–H and O–H groups in total. The number of fused-ring (bicyclic) bond motifs is 1. The Kier molecular flexibility index (Phi) is 2.00. The molecule has 0 aliphatic heterocycles. The summed E-state index contributed by atoms with van der Waals surface area (Å²) < 4.78 is 1.64. The van der Waals surface area contributed by atoms with Crippen molar-refractivity contribution in [2.75, 3.05) is 0 Å². The van der Waals surface area contributed by atoms with Gasteiger partial charge in [0.05, 0.1) is 22.0 Å². The lowest BCUT2D eigenvalue weighted by Gasteiger charge is -1.95. The van der Waals surface area contributed by atoms with Gasteiger partial charge in [-0.2, -0.15) is 0 Å². The Balaban J connectivity index is 2.94. The van der Waals surface area contributed by atoms with E-state index in [0.29, 0.717) is 22.8 Å². The fourth-order valence-corrected chi connectivity index (χ4v) is 1.68. The molecule has 0 saturated carbocycles. The number of aryl methyl sites for hydroxylation is 1. The SMILES string of the molecule is Cn1cc([N+](=O)[O-])c2c(C=O)cccc21. The first kappa shape index (κ1) is 9.39. The normalized spacial score (nSPS) is 10.5. The van der Waals surface area contributed by atoms with E-state index in [1.807, 2.05) is 0 Å². The average molecular weight is 204 g/mol. The second-order valence-corrected chi connectivity index (χ2v) is 3.24. The van der Waals surface area contributed by atoms with Crippen molar-refractivity contribution >= 4 is 22.9 Å². The first-order valence-corrected chi connectivity index (χ1v) is 4.32. The zero-order valence-corrected chi connectivity index (χ0v) is 8.01. The minimum atomic E-state index is -0.477. The highest BCUT2D eigenvalue weighted by Crippen LogP contribution is 2.29. The highest BCUT2D eigenvalue weighted by molar-refractivity contribution is 6.02. The van der Waals surface area contributed by atoms with Gasteiger partial charge in [0.2, 0.25) is 0 Å². The number of hydrogen-bond donors (Lipinski definition) is 0. The van der Waals surface area contributed by atoms with Gasteiger partial charge >= 0.3 is 0 Å². The number of benzene rings is 1. The van der Waals surface area contributed by atoms with Crippen molar-refractivity contribution in [1.82, 2.24) is 4.57 Å². The van der Waals surface area contributed by atoms with Gasteiger partial charge in [-0.3, -0.25) is 14.9 Å². The van der Waals surface area contributed by atoms with Crippen molar-refractivity contribution in [2.24, 2.45) is 7.05 Å². The van der Waals surface area contributed by atoms with E-state index in [4.69, 9.17) is 0 Å². The molecule has 1 aromatic heterocycles. The van der Waals surface area contributed by atoms with Gasteiger partial charge in [-0.15, -0.1) is 0 Å². The summed E-state index contributed by atoms with van der Waals surface area (Å²) in [4.78, 5) is 21.1. The number of aromatic nitrogens is 1. The first-order valence-electron chi connectivity index (χ1n) is 4.32. The van der Waals surface area contributed by atoms with Gasteiger partial charge in [-0.25, -0.2) is 0 Å². The second-order valence-electron chi connectivity index (χ2n) is 3.24. The summed E-state index contributed by atoms with van der Waals surface area (Å²) >= 11 is 0. The summed E-state index contributed by atoms with van der Waals surface area (Å²) in [6.07, 6.45) is 2.05. The Morgan fingerprint density at radius 1 is 1.47 bits per heavy atom. The number of nitrogens with zero attached hydrogens (tertiary/aromatic N) is 2. The predicted molar refractivity (Wildman–Crippen MR) is 55.0 cm³/mol. The molecule has 2 aromatic rings. The lowest BCUT2D eigenvalue weighted by Crippen LogP contribution is -1.88. The van der Waals surface area contributed by atoms with E-state index in [2.05, 4.69) is 0 Å². The van der Waals surface area contributed by atoms with Gasteiger partial charge in [0, 0.05) is 12.6 Å². The molecule has 5 nitrogen and oxygen atoms in total. The third kappa shape index (κ3) is 1.28. The molecule has 0 fully saturated rings. The smallest absolute Gasteiger partial charge is 0.295 e. The predicted octanol–water partition coefficient (Wildman–Crippen LogP) is 1.90. The molecule has 2 rings (SSSR count). The standard InChI is InChI=1S/C10H8N2O3/c1-11-5-9(12(14)15)10-7(6-13)3-2-4-8(10)11/h2-6H,1H3. The molecule has 0 spiro atoms. The number of hydrogen-bond acceptors (Lipinski definition) is 3. The van der Waals surface area contributed by atoms with E-state index in [1.54, 1.807) is 29.8 Å². The topological polar surface area (TPSA) is 65.1 Å². The largest absolute Gasteiger partial charge is 0.344 e. The van der Waals surface area contributed by atoms with Crippen LogP contribution in [0.4, 0.5) is 5.69 Å². The molecule has 76 valence electrons. The number of nitro groups is 1. The van der Waals surface area contributed by atoms with Crippen LogP contribution in [-0.4, -0.2) is 15.8 Å². The lowest BCUT2D eigenvalue weighted by atomic mass is 10.1. The van der Waals surface area contributed by atoms with Crippen LogP contribution in [0.25, 0.3) is 10.9 Å². The molecule has 0 atom stereocenters. The van der Waals surface area contributed by atoms with Crippen LogP contribution in [0.3, 0.4) is 0 Å². The molecule has 0 aliphatic carbocycles. The summed E-state index contributed by atoms with van der Waals surface area (Å²) in [6.45, 7) is 0. The molecule has 0 aliphatic rings. The van der Waals surface area contributed by atoms with Crippen molar-refractivity contribution in [3.05, 3.63) is 40.1 Å². The molecule has 1 heterocycles. The zero-order valence-electron chi connectivity index (χ0n) is 8.01. The van der Waals surface area contributed by atoms with E-state index < -0.39 is 4.92 Å². The minimum Gasteiger partial charge on any atom is -0.344 e. The van der Waals surface area contributed by atoms with E-state index in [0.717, 1.165) is 0 Å². The number of carbonyl (C=O) groups excluding carboxylic acids is 1. The highest BCUT2D eigenvalue weighted by atomic mass is 16.6. The highest BCUT2D eigenvalue weighted by Gasteiger charge is 2.18. The summed E-state index contributed by atoms with van der Waals surface area (Å²) in [6, 6.07) is 5.02. The first-order chi connectivity index (χ1) is 7.15. The van der Waals surface area contributed by atoms with Crippen LogP contribution < -0.4 is 0 Å². The summed E-state index contributed by atoms with van der Waals surface area (Å²) in [5, 5.41) is 11.2. The van der Waals surface area contributed by atoms with Crippen molar-refractivity contribution in [3.63, 3.8) is 0 Å². The van der Waals surface area contributed by atoms with Gasteiger partial charge in [0.1, 0.15) is 0 Å². The summed E-state index contributed by atoms with van der Waals surface area (Å²) in [7, 11) is 1.71. The quantitative estimate of drug-likeness (QED) is 0.426. The molecule has 0 saturated heterocycles. The fourth-order valence-electron chi connectivity index (χ4n) is 1.68. The number of aldehydes is 1. The van der Waals surface area contributed by atoms with Crippen molar-refractivity contribution in [3.8, 4) is 0 Å². The zero-order chi connectivity index (χ0) is 11.0. The summed E-state index contributed by atoms with van der Waals surface area (Å²) in [5.74, 6) is 0. The van der Waals surface area contributed by atoms with Gasteiger partial charge in [-0.05, 0) is 6.07 Å². The van der Waals surface area contributed by atoms with Crippen molar-refractivity contribution < 1.29 is 9.72 Å². The van der Waals surface area contributed by atoms with Gasteiger partial charge in [0.25, 0.3) is 5.69 Å². The molecule has 0 unspecified atom stereocenters. The van der Waals surface area contributed by atoms with E-state index in [-0.39, 0.29) is 5.69 Å². The van der Waals surface area contributed by atoms with Crippen LogP contribution >= 0.6 is 0 Å². The van der Waals surface area contributed by atoms with Crippen LogP contribution in [0, 0.1) is 10.1 Å². The Hall–Kier alpha value is -2.17. The number of rotatable bonds is 2. The summed E-state index contributed by atoms with van der Waals surface area (Å²) in [5.41, 5.74) is 1.00. The van der Waals surface area contributed by atoms with Crippen LogP contribution in [-0.2, 0) is 7.05 Å². The molecular weight excluding hydrogens is 196 g/mol. The Bertz CT molecular complexity index is 557. The van der Waals surface area contributed by atoms with Crippen LogP contribution in [0.5, 0.6) is 0 Å². The Morgan fingerprint density at radius 2 is 2.20 bits per heavy atom. The maximum absolute atomic E-state index is 10.8. The van der Waals surface area contributed by atoms with Crippen molar-refractivity contribution in [2.45, 2.75) is 0 Å². The van der Waals surface area contributed by atoms with Gasteiger partial charge < -0.3 is 4.57 Å². The molecule has 1 aromatic carbocycles. The van der Waals surface area contributed by atoms with Crippen molar-refractivity contribution in [1.29, 1.82) is 0 Å². The third-order valence-corrected chi connectivity index (χ3v) is 2.35. The van der Waals surface area contributed by atoms with Gasteiger partial charge in [0.15, 0.2) is 6.29 Å². The van der Waals surface area contributed by atoms with Gasteiger partial charge in [-0.1, -0.05) is 12.1 Å². The fraction of sp³-hybridized carbons (Fsp3) is 0.100. The maximum Gasteiger partial charge on any atom is 0.295 e. The molecule has 15 heavy (non-hydrogen) atoms. The van der Waals surface area contributed by atoms with E-state index in [9.17, 15) is 14.9 Å². The monoisotopic (exact) mass is 204 g/mol. The van der Waals surface area contributed by atoms with Crippen LogP contribution in [0.1, 0.15) is 10.4 Å². The molecule has 5 heteroatoms. The maximum atomic E-state index is 10.8. The average Bonchev–Trinajstić information content (AvgIpc) is 2.56. The number of carbonyl (C=O) groups is 1. The molecule has 0 radical (unpaired) electrons. The molecular formula is C10H8N2O3. The lowest BCUT2D eigenvalue weighted by molar-refractivity contribution is -0.383. The molecule has 0 amide bonds. The van der Waals surface area contributed by atoms with E-state index in [1.165, 1.54) is 6.20 Å². The Labute approximate surface area is 85.1 Å². The Morgan fingerprint density at radius 3 is 2.80 bits per heavy atom. The third-order valence-electron chi connectivity index (χ3n) is 2.35. The molecule has 0 bridgehead atoms. The minimum absolute atomic E-state index is 0.0322. The van der Waals surface area contributed by atoms with E-state index >= 15 is 0 Å². The van der Waals surface area contributed by atoms with Crippen LogP contribution in [0.2, 0.25) is 0 Å². The second kappa shape index (κ2) is 3.20. The van der Waals surface area contributed by atoms with Crippen LogP contribution in [0.15, 0.2) is 24.4 Å².